The van der Waals surface area contributed by atoms with Gasteiger partial charge in [0.15, 0.2) is 6.61 Å². The van der Waals surface area contributed by atoms with Crippen LogP contribution < -0.4 is 15.6 Å². The molecular formula is C15H22N2O3. The highest BCUT2D eigenvalue weighted by atomic mass is 16.5. The van der Waals surface area contributed by atoms with Crippen molar-refractivity contribution in [3.8, 4) is 5.75 Å². The topological polar surface area (TPSA) is 67.4 Å². The van der Waals surface area contributed by atoms with Gasteiger partial charge < -0.3 is 4.74 Å². The van der Waals surface area contributed by atoms with E-state index in [2.05, 4.69) is 10.9 Å². The summed E-state index contributed by atoms with van der Waals surface area (Å²) in [7, 11) is 0. The van der Waals surface area contributed by atoms with Crippen LogP contribution in [0.25, 0.3) is 0 Å². The van der Waals surface area contributed by atoms with Gasteiger partial charge in [0, 0.05) is 6.42 Å². The second kappa shape index (κ2) is 6.93. The van der Waals surface area contributed by atoms with Crippen molar-refractivity contribution in [3.05, 3.63) is 29.8 Å². The maximum atomic E-state index is 11.5. The van der Waals surface area contributed by atoms with Crippen LogP contribution in [0.3, 0.4) is 0 Å². The lowest BCUT2D eigenvalue weighted by Gasteiger charge is -2.17. The van der Waals surface area contributed by atoms with Gasteiger partial charge in [0.1, 0.15) is 5.75 Å². The minimum Gasteiger partial charge on any atom is -0.484 e. The third kappa shape index (κ3) is 6.78. The number of amides is 2. The van der Waals surface area contributed by atoms with Crippen LogP contribution in [0.1, 0.15) is 32.8 Å². The molecule has 0 fully saturated rings. The standard InChI is InChI=1S/C15H22N2O3/c1-11-5-7-12(8-6-11)20-10-14(19)17-16-13(18)9-15(2,3)4/h5-8H,9-10H2,1-4H3,(H,16,18)(H,17,19). The van der Waals surface area contributed by atoms with Crippen LogP contribution >= 0.6 is 0 Å². The predicted octanol–water partition coefficient (Wildman–Crippen LogP) is 1.96. The van der Waals surface area contributed by atoms with Crippen LogP contribution in [0.5, 0.6) is 5.75 Å². The van der Waals surface area contributed by atoms with Gasteiger partial charge in [-0.25, -0.2) is 0 Å². The lowest BCUT2D eigenvalue weighted by molar-refractivity contribution is -0.130. The van der Waals surface area contributed by atoms with Crippen LogP contribution in [-0.2, 0) is 9.59 Å². The molecule has 20 heavy (non-hydrogen) atoms. The third-order valence-electron chi connectivity index (χ3n) is 2.42. The lowest BCUT2D eigenvalue weighted by atomic mass is 9.92. The van der Waals surface area contributed by atoms with Crippen molar-refractivity contribution >= 4 is 11.8 Å². The van der Waals surface area contributed by atoms with Crippen LogP contribution in [0.2, 0.25) is 0 Å². The van der Waals surface area contributed by atoms with Gasteiger partial charge in [-0.15, -0.1) is 0 Å². The van der Waals surface area contributed by atoms with E-state index in [0.717, 1.165) is 5.56 Å². The van der Waals surface area contributed by atoms with Gasteiger partial charge >= 0.3 is 0 Å². The molecular weight excluding hydrogens is 256 g/mol. The smallest absolute Gasteiger partial charge is 0.276 e. The molecule has 2 amide bonds. The number of hydrogen-bond acceptors (Lipinski definition) is 3. The summed E-state index contributed by atoms with van der Waals surface area (Å²) in [5.41, 5.74) is 5.69. The number of benzene rings is 1. The second-order valence-electron chi connectivity index (χ2n) is 5.94. The van der Waals surface area contributed by atoms with E-state index in [1.807, 2.05) is 39.8 Å². The number of hydrogen-bond donors (Lipinski definition) is 2. The number of carbonyl (C=O) groups is 2. The van der Waals surface area contributed by atoms with E-state index in [1.54, 1.807) is 12.1 Å². The van der Waals surface area contributed by atoms with Crippen molar-refractivity contribution in [3.63, 3.8) is 0 Å². The minimum atomic E-state index is -0.396. The second-order valence-corrected chi connectivity index (χ2v) is 5.94. The molecule has 0 bridgehead atoms. The minimum absolute atomic E-state index is 0.118. The fourth-order valence-corrected chi connectivity index (χ4v) is 1.48. The van der Waals surface area contributed by atoms with Crippen molar-refractivity contribution in [2.45, 2.75) is 34.1 Å². The Kier molecular flexibility index (Phi) is 5.55. The Labute approximate surface area is 119 Å². The molecule has 1 rings (SSSR count). The Bertz CT molecular complexity index is 461. The molecule has 0 aliphatic carbocycles. The highest BCUT2D eigenvalue weighted by Gasteiger charge is 2.16. The Morgan fingerprint density at radius 1 is 1.05 bits per heavy atom. The van der Waals surface area contributed by atoms with Gasteiger partial charge in [0.05, 0.1) is 0 Å². The van der Waals surface area contributed by atoms with E-state index in [9.17, 15) is 9.59 Å². The van der Waals surface area contributed by atoms with Crippen molar-refractivity contribution in [1.82, 2.24) is 10.9 Å². The van der Waals surface area contributed by atoms with Gasteiger partial charge in [0.25, 0.3) is 5.91 Å². The van der Waals surface area contributed by atoms with Crippen molar-refractivity contribution in [2.75, 3.05) is 6.61 Å². The Hall–Kier alpha value is -2.04. The van der Waals surface area contributed by atoms with E-state index in [-0.39, 0.29) is 17.9 Å². The molecule has 5 nitrogen and oxygen atoms in total. The van der Waals surface area contributed by atoms with Crippen molar-refractivity contribution in [2.24, 2.45) is 5.41 Å². The van der Waals surface area contributed by atoms with Gasteiger partial charge in [-0.3, -0.25) is 20.4 Å². The third-order valence-corrected chi connectivity index (χ3v) is 2.42. The molecule has 0 aromatic heterocycles. The lowest BCUT2D eigenvalue weighted by Crippen LogP contribution is -2.44. The summed E-state index contributed by atoms with van der Waals surface area (Å²) in [6.45, 7) is 7.69. The van der Waals surface area contributed by atoms with Crippen LogP contribution in [0.4, 0.5) is 0 Å². The number of ether oxygens (including phenoxy) is 1. The van der Waals surface area contributed by atoms with E-state index in [0.29, 0.717) is 12.2 Å². The Morgan fingerprint density at radius 3 is 2.15 bits per heavy atom. The Balaban J connectivity index is 2.27. The molecule has 0 aliphatic rings. The SMILES string of the molecule is Cc1ccc(OCC(=O)NNC(=O)CC(C)(C)C)cc1. The number of nitrogens with one attached hydrogen (secondary N) is 2. The molecule has 0 radical (unpaired) electrons. The van der Waals surface area contributed by atoms with E-state index >= 15 is 0 Å². The molecule has 0 saturated carbocycles. The molecule has 0 unspecified atom stereocenters. The highest BCUT2D eigenvalue weighted by Crippen LogP contribution is 2.17. The van der Waals surface area contributed by atoms with Gasteiger partial charge in [0.2, 0.25) is 5.91 Å². The van der Waals surface area contributed by atoms with E-state index < -0.39 is 5.91 Å². The largest absolute Gasteiger partial charge is 0.484 e. The monoisotopic (exact) mass is 278 g/mol. The maximum Gasteiger partial charge on any atom is 0.276 e. The first-order chi connectivity index (χ1) is 9.26. The molecule has 0 aliphatic heterocycles. The predicted molar refractivity (Wildman–Crippen MR) is 77.0 cm³/mol. The van der Waals surface area contributed by atoms with Crippen molar-refractivity contribution < 1.29 is 14.3 Å². The van der Waals surface area contributed by atoms with Crippen LogP contribution in [-0.4, -0.2) is 18.4 Å². The number of carbonyl (C=O) groups excluding carboxylic acids is 2. The number of aryl methyl sites for hydroxylation is 1. The number of hydrazine groups is 1. The molecule has 5 heteroatoms. The van der Waals surface area contributed by atoms with Crippen LogP contribution in [0.15, 0.2) is 24.3 Å². The molecule has 2 N–H and O–H groups in total. The normalized spacial score (nSPS) is 10.8. The molecule has 110 valence electrons. The summed E-state index contributed by atoms with van der Waals surface area (Å²) in [5, 5.41) is 0. The summed E-state index contributed by atoms with van der Waals surface area (Å²) in [6, 6.07) is 7.39. The quantitative estimate of drug-likeness (QED) is 0.827. The molecule has 0 heterocycles. The average molecular weight is 278 g/mol. The Morgan fingerprint density at radius 2 is 1.60 bits per heavy atom. The summed E-state index contributed by atoms with van der Waals surface area (Å²) >= 11 is 0. The zero-order valence-electron chi connectivity index (χ0n) is 12.4. The van der Waals surface area contributed by atoms with E-state index in [4.69, 9.17) is 4.74 Å². The molecule has 0 saturated heterocycles. The first kappa shape index (κ1) is 16.0. The zero-order valence-corrected chi connectivity index (χ0v) is 12.4. The summed E-state index contributed by atoms with van der Waals surface area (Å²) < 4.78 is 5.29. The van der Waals surface area contributed by atoms with Gasteiger partial charge in [-0.05, 0) is 24.5 Å². The number of rotatable bonds is 4. The fraction of sp³-hybridized carbons (Fsp3) is 0.467. The first-order valence-corrected chi connectivity index (χ1v) is 6.53. The maximum absolute atomic E-state index is 11.5. The average Bonchev–Trinajstić information content (AvgIpc) is 2.33. The first-order valence-electron chi connectivity index (χ1n) is 6.53. The summed E-state index contributed by atoms with van der Waals surface area (Å²) in [5.74, 6) is 0.000730. The van der Waals surface area contributed by atoms with Gasteiger partial charge in [-0.1, -0.05) is 38.5 Å². The van der Waals surface area contributed by atoms with Crippen molar-refractivity contribution in [1.29, 1.82) is 0 Å². The molecule has 0 atom stereocenters. The summed E-state index contributed by atoms with van der Waals surface area (Å²) in [6.07, 6.45) is 0.339. The summed E-state index contributed by atoms with van der Waals surface area (Å²) in [4.78, 5) is 23.0. The highest BCUT2D eigenvalue weighted by molar-refractivity contribution is 5.82. The molecule has 1 aromatic rings. The van der Waals surface area contributed by atoms with E-state index in [1.165, 1.54) is 0 Å². The fourth-order valence-electron chi connectivity index (χ4n) is 1.48. The molecule has 1 aromatic carbocycles. The zero-order chi connectivity index (χ0) is 15.2. The molecule has 0 spiro atoms. The van der Waals surface area contributed by atoms with Crippen LogP contribution in [0, 0.1) is 12.3 Å². The van der Waals surface area contributed by atoms with Gasteiger partial charge in [-0.2, -0.15) is 0 Å².